The van der Waals surface area contributed by atoms with Gasteiger partial charge >= 0.3 is 0 Å². The van der Waals surface area contributed by atoms with Gasteiger partial charge in [0.25, 0.3) is 21.7 Å². The monoisotopic (exact) mass is 391 g/mol. The van der Waals surface area contributed by atoms with Crippen molar-refractivity contribution in [1.29, 1.82) is 0 Å². The minimum absolute atomic E-state index is 0.187. The van der Waals surface area contributed by atoms with Crippen molar-refractivity contribution in [3.63, 3.8) is 0 Å². The summed E-state index contributed by atoms with van der Waals surface area (Å²) in [6.45, 7) is 3.30. The van der Waals surface area contributed by atoms with E-state index >= 15 is 0 Å². The predicted octanol–water partition coefficient (Wildman–Crippen LogP) is -0.364. The molecule has 3 aromatic rings. The molecular formula is C15H17N7O4S. The van der Waals surface area contributed by atoms with Crippen molar-refractivity contribution in [3.05, 3.63) is 36.0 Å². The van der Waals surface area contributed by atoms with Gasteiger partial charge in [0.1, 0.15) is 12.1 Å². The molecule has 1 fully saturated rings. The first-order chi connectivity index (χ1) is 12.9. The molecule has 12 heteroatoms. The smallest absolute Gasteiger partial charge is 0.284 e. The molecule has 2 N–H and O–H groups in total. The first-order valence-electron chi connectivity index (χ1n) is 8.18. The first-order valence-corrected chi connectivity index (χ1v) is 9.62. The van der Waals surface area contributed by atoms with Crippen molar-refractivity contribution >= 4 is 27.5 Å². The average Bonchev–Trinajstić information content (AvgIpc) is 3.30. The van der Waals surface area contributed by atoms with Crippen molar-refractivity contribution < 1.29 is 17.6 Å². The van der Waals surface area contributed by atoms with E-state index in [0.717, 1.165) is 11.5 Å². The second kappa shape index (κ2) is 6.32. The van der Waals surface area contributed by atoms with Gasteiger partial charge in [0, 0.05) is 37.9 Å². The third kappa shape index (κ3) is 3.02. The highest BCUT2D eigenvalue weighted by Crippen LogP contribution is 2.23. The number of carbonyl (C=O) groups excluding carboxylic acids is 1. The first kappa shape index (κ1) is 17.4. The molecule has 0 atom stereocenters. The third-order valence-electron chi connectivity index (χ3n) is 4.34. The van der Waals surface area contributed by atoms with Crippen LogP contribution in [0.1, 0.15) is 16.2 Å². The number of piperazine rings is 1. The van der Waals surface area contributed by atoms with Crippen LogP contribution in [-0.2, 0) is 10.0 Å². The molecule has 1 amide bonds. The molecule has 27 heavy (non-hydrogen) atoms. The lowest BCUT2D eigenvalue weighted by molar-refractivity contribution is 0.0968. The molecule has 11 nitrogen and oxygen atoms in total. The Morgan fingerprint density at radius 1 is 1.22 bits per heavy atom. The number of amides is 1. The highest BCUT2D eigenvalue weighted by Gasteiger charge is 2.32. The average molecular weight is 391 g/mol. The molecule has 0 unspecified atom stereocenters. The summed E-state index contributed by atoms with van der Waals surface area (Å²) in [5.41, 5.74) is 5.91. The number of nitrogens with zero attached hydrogens (tertiary/aromatic N) is 6. The van der Waals surface area contributed by atoms with Crippen molar-refractivity contribution in [2.45, 2.75) is 12.0 Å². The molecule has 4 heterocycles. The molecule has 0 aliphatic carbocycles. The third-order valence-corrected chi connectivity index (χ3v) is 6.11. The number of carbonyl (C=O) groups is 1. The van der Waals surface area contributed by atoms with Crippen LogP contribution in [0.25, 0.3) is 5.78 Å². The lowest BCUT2D eigenvalue weighted by Crippen LogP contribution is -2.49. The molecule has 1 aliphatic heterocycles. The van der Waals surface area contributed by atoms with Crippen molar-refractivity contribution in [3.8, 4) is 0 Å². The van der Waals surface area contributed by atoms with E-state index in [2.05, 4.69) is 15.1 Å². The number of sulfonamides is 1. The zero-order valence-electron chi connectivity index (χ0n) is 14.4. The van der Waals surface area contributed by atoms with Crippen LogP contribution in [0.15, 0.2) is 34.0 Å². The second-order valence-electron chi connectivity index (χ2n) is 6.10. The van der Waals surface area contributed by atoms with Gasteiger partial charge in [0.15, 0.2) is 5.76 Å². The van der Waals surface area contributed by atoms with Gasteiger partial charge in [-0.2, -0.15) is 18.9 Å². The van der Waals surface area contributed by atoms with Gasteiger partial charge in [-0.3, -0.25) is 4.79 Å². The van der Waals surface area contributed by atoms with Crippen LogP contribution in [0.3, 0.4) is 0 Å². The Kier molecular flexibility index (Phi) is 4.08. The van der Waals surface area contributed by atoms with Gasteiger partial charge in [-0.15, -0.1) is 0 Å². The molecule has 0 radical (unpaired) electrons. The summed E-state index contributed by atoms with van der Waals surface area (Å²) in [4.78, 5) is 21.6. The summed E-state index contributed by atoms with van der Waals surface area (Å²) in [6, 6.07) is 4.39. The molecule has 4 rings (SSSR count). The fourth-order valence-electron chi connectivity index (χ4n) is 3.01. The van der Waals surface area contributed by atoms with Crippen molar-refractivity contribution in [2.75, 3.05) is 31.1 Å². The second-order valence-corrected chi connectivity index (χ2v) is 7.97. The summed E-state index contributed by atoms with van der Waals surface area (Å²) < 4.78 is 33.5. The maximum atomic E-state index is 12.7. The molecule has 1 aliphatic rings. The van der Waals surface area contributed by atoms with Crippen LogP contribution in [0, 0.1) is 6.92 Å². The van der Waals surface area contributed by atoms with Crippen LogP contribution >= 0.6 is 0 Å². The van der Waals surface area contributed by atoms with E-state index in [9.17, 15) is 13.2 Å². The summed E-state index contributed by atoms with van der Waals surface area (Å²) in [7, 11) is -3.84. The summed E-state index contributed by atoms with van der Waals surface area (Å²) >= 11 is 0. The van der Waals surface area contributed by atoms with Gasteiger partial charge in [-0.25, -0.2) is 13.4 Å². The van der Waals surface area contributed by atoms with E-state index in [1.165, 1.54) is 22.8 Å². The largest absolute Gasteiger partial charge is 0.438 e. The number of hydrogen-bond acceptors (Lipinski definition) is 8. The summed E-state index contributed by atoms with van der Waals surface area (Å²) in [6.07, 6.45) is 1.43. The number of aryl methyl sites for hydroxylation is 1. The Bertz CT molecular complexity index is 1110. The Morgan fingerprint density at radius 3 is 2.63 bits per heavy atom. The van der Waals surface area contributed by atoms with Gasteiger partial charge in [-0.05, 0) is 19.1 Å². The van der Waals surface area contributed by atoms with E-state index in [-0.39, 0.29) is 23.9 Å². The van der Waals surface area contributed by atoms with E-state index in [1.807, 2.05) is 17.9 Å². The quantitative estimate of drug-likeness (QED) is 0.635. The Hall–Kier alpha value is -2.99. The van der Waals surface area contributed by atoms with E-state index < -0.39 is 15.9 Å². The highest BCUT2D eigenvalue weighted by atomic mass is 32.2. The van der Waals surface area contributed by atoms with E-state index in [4.69, 9.17) is 10.2 Å². The Morgan fingerprint density at radius 2 is 1.96 bits per heavy atom. The Labute approximate surface area is 154 Å². The van der Waals surface area contributed by atoms with Crippen LogP contribution in [0.2, 0.25) is 0 Å². The molecule has 1 saturated heterocycles. The maximum Gasteiger partial charge on any atom is 0.284 e. The van der Waals surface area contributed by atoms with Crippen LogP contribution in [-0.4, -0.2) is 64.4 Å². The highest BCUT2D eigenvalue weighted by molar-refractivity contribution is 7.89. The normalized spacial score (nSPS) is 16.1. The van der Waals surface area contributed by atoms with Gasteiger partial charge in [0.05, 0.1) is 0 Å². The number of rotatable bonds is 4. The molecule has 0 aromatic carbocycles. The zero-order valence-corrected chi connectivity index (χ0v) is 15.3. The SMILES string of the molecule is Cc1cc(N2CCN(S(=O)(=O)c3ccc(C(N)=O)o3)CC2)n2ncnc2n1. The standard InChI is InChI=1S/C15H17N7O4S/c1-10-8-12(22-15(19-10)17-9-18-22)20-4-6-21(7-5-20)27(24,25)13-3-2-11(26-13)14(16)23/h2-3,8-9H,4-7H2,1H3,(H2,16,23). The van der Waals surface area contributed by atoms with Crippen LogP contribution in [0.5, 0.6) is 0 Å². The minimum Gasteiger partial charge on any atom is -0.438 e. The minimum atomic E-state index is -3.84. The lowest BCUT2D eigenvalue weighted by atomic mass is 10.3. The van der Waals surface area contributed by atoms with Crippen LogP contribution < -0.4 is 10.6 Å². The molecule has 3 aromatic heterocycles. The predicted molar refractivity (Wildman–Crippen MR) is 93.7 cm³/mol. The van der Waals surface area contributed by atoms with Crippen LogP contribution in [0.4, 0.5) is 5.82 Å². The van der Waals surface area contributed by atoms with E-state index in [1.54, 1.807) is 4.52 Å². The van der Waals surface area contributed by atoms with Crippen molar-refractivity contribution in [1.82, 2.24) is 23.9 Å². The van der Waals surface area contributed by atoms with Crippen molar-refractivity contribution in [2.24, 2.45) is 5.73 Å². The maximum absolute atomic E-state index is 12.7. The van der Waals surface area contributed by atoms with Gasteiger partial charge in [0.2, 0.25) is 5.09 Å². The number of hydrogen-bond donors (Lipinski definition) is 1. The molecule has 0 spiro atoms. The zero-order chi connectivity index (χ0) is 19.2. The molecule has 0 bridgehead atoms. The fourth-order valence-corrected chi connectivity index (χ4v) is 4.35. The topological polar surface area (TPSA) is 140 Å². The van der Waals surface area contributed by atoms with Gasteiger partial charge < -0.3 is 15.1 Å². The van der Waals surface area contributed by atoms with Gasteiger partial charge in [-0.1, -0.05) is 0 Å². The number of furan rings is 1. The number of anilines is 1. The molecule has 0 saturated carbocycles. The Balaban J connectivity index is 1.54. The number of aromatic nitrogens is 4. The molecule has 142 valence electrons. The summed E-state index contributed by atoms with van der Waals surface area (Å²) in [5.74, 6) is 0.301. The number of primary amides is 1. The summed E-state index contributed by atoms with van der Waals surface area (Å²) in [5, 5.41) is 3.89. The van der Waals surface area contributed by atoms with E-state index in [0.29, 0.717) is 18.9 Å². The number of fused-ring (bicyclic) bond motifs is 1. The lowest BCUT2D eigenvalue weighted by Gasteiger charge is -2.34. The fraction of sp³-hybridized carbons (Fsp3) is 0.333. The molecular weight excluding hydrogens is 374 g/mol. The number of nitrogens with two attached hydrogens (primary N) is 1.